The molecule has 0 saturated carbocycles. The average Bonchev–Trinajstić information content (AvgIpc) is 3.25. The van der Waals surface area contributed by atoms with E-state index in [1.807, 2.05) is 24.3 Å². The highest BCUT2D eigenvalue weighted by Crippen LogP contribution is 2.29. The predicted octanol–water partition coefficient (Wildman–Crippen LogP) is 1.11. The molecule has 1 atom stereocenters. The minimum atomic E-state index is -3.36. The normalized spacial score (nSPS) is 23.2. The van der Waals surface area contributed by atoms with Crippen molar-refractivity contribution in [2.45, 2.75) is 31.8 Å². The number of anilines is 1. The van der Waals surface area contributed by atoms with Crippen molar-refractivity contribution in [3.8, 4) is 0 Å². The molecule has 8 heteroatoms. The molecule has 2 aliphatic heterocycles. The van der Waals surface area contributed by atoms with E-state index in [0.717, 1.165) is 37.1 Å². The second kappa shape index (κ2) is 7.84. The second-order valence-corrected chi connectivity index (χ2v) is 9.03. The molecule has 2 N–H and O–H groups in total. The summed E-state index contributed by atoms with van der Waals surface area (Å²) in [6.07, 6.45) is 2.85. The minimum Gasteiger partial charge on any atom is -0.373 e. The molecule has 0 aliphatic carbocycles. The maximum absolute atomic E-state index is 12.7. The topological polar surface area (TPSA) is 83.0 Å². The standard InChI is InChI=1S/C18H28N4O3S/c1-18(9-5-12-25-18)14-21-17(19-2)20-10-13-26(23,24)22-11-8-15-6-3-4-7-16(15)22/h3-4,6-7H,5,8-14H2,1-2H3,(H2,19,20,21). The first-order valence-corrected chi connectivity index (χ1v) is 10.7. The Balaban J connectivity index is 1.50. The first-order valence-electron chi connectivity index (χ1n) is 9.10. The summed E-state index contributed by atoms with van der Waals surface area (Å²) in [6, 6.07) is 7.68. The lowest BCUT2D eigenvalue weighted by molar-refractivity contribution is 0.0243. The Morgan fingerprint density at radius 2 is 2.15 bits per heavy atom. The Kier molecular flexibility index (Phi) is 5.72. The van der Waals surface area contributed by atoms with Crippen molar-refractivity contribution in [1.29, 1.82) is 0 Å². The van der Waals surface area contributed by atoms with Crippen LogP contribution in [0.2, 0.25) is 0 Å². The van der Waals surface area contributed by atoms with E-state index in [-0.39, 0.29) is 11.4 Å². The summed E-state index contributed by atoms with van der Waals surface area (Å²) in [5.41, 5.74) is 1.72. The maximum Gasteiger partial charge on any atom is 0.236 e. The lowest BCUT2D eigenvalue weighted by Gasteiger charge is -2.25. The van der Waals surface area contributed by atoms with Gasteiger partial charge in [0.1, 0.15) is 0 Å². The van der Waals surface area contributed by atoms with Crippen LogP contribution in [0.5, 0.6) is 0 Å². The van der Waals surface area contributed by atoms with Gasteiger partial charge in [-0.3, -0.25) is 9.30 Å². The molecule has 1 aromatic carbocycles. The summed E-state index contributed by atoms with van der Waals surface area (Å²) in [4.78, 5) is 4.16. The Morgan fingerprint density at radius 1 is 1.35 bits per heavy atom. The van der Waals surface area contributed by atoms with E-state index < -0.39 is 10.0 Å². The van der Waals surface area contributed by atoms with Crippen LogP contribution < -0.4 is 14.9 Å². The van der Waals surface area contributed by atoms with Crippen LogP contribution in [0.4, 0.5) is 5.69 Å². The van der Waals surface area contributed by atoms with Crippen LogP contribution >= 0.6 is 0 Å². The fourth-order valence-electron chi connectivity index (χ4n) is 3.47. The van der Waals surface area contributed by atoms with Gasteiger partial charge in [-0.15, -0.1) is 0 Å². The molecule has 0 radical (unpaired) electrons. The Bertz CT molecular complexity index is 757. The number of aliphatic imine (C=N–C) groups is 1. The average molecular weight is 381 g/mol. The molecule has 1 fully saturated rings. The number of nitrogens with zero attached hydrogens (tertiary/aromatic N) is 2. The summed E-state index contributed by atoms with van der Waals surface area (Å²) in [5.74, 6) is 0.620. The van der Waals surface area contributed by atoms with Crippen LogP contribution in [0.1, 0.15) is 25.3 Å². The van der Waals surface area contributed by atoms with E-state index in [4.69, 9.17) is 4.74 Å². The van der Waals surface area contributed by atoms with Gasteiger partial charge in [0.25, 0.3) is 0 Å². The smallest absolute Gasteiger partial charge is 0.236 e. The number of rotatable bonds is 6. The van der Waals surface area contributed by atoms with Crippen molar-refractivity contribution in [1.82, 2.24) is 10.6 Å². The molecule has 26 heavy (non-hydrogen) atoms. The lowest BCUT2D eigenvalue weighted by atomic mass is 10.0. The van der Waals surface area contributed by atoms with Crippen molar-refractivity contribution in [2.75, 3.05) is 43.3 Å². The molecule has 7 nitrogen and oxygen atoms in total. The summed E-state index contributed by atoms with van der Waals surface area (Å²) in [7, 11) is -1.68. The molecule has 2 aliphatic rings. The number of guanidine groups is 1. The van der Waals surface area contributed by atoms with Gasteiger partial charge < -0.3 is 15.4 Å². The summed E-state index contributed by atoms with van der Waals surface area (Å²) in [5, 5.41) is 6.32. The van der Waals surface area contributed by atoms with Gasteiger partial charge in [0, 0.05) is 33.3 Å². The number of nitrogens with one attached hydrogen (secondary N) is 2. The third-order valence-electron chi connectivity index (χ3n) is 4.99. The highest BCUT2D eigenvalue weighted by Gasteiger charge is 2.30. The molecule has 0 aromatic heterocycles. The van der Waals surface area contributed by atoms with Crippen LogP contribution in [-0.2, 0) is 21.2 Å². The first-order chi connectivity index (χ1) is 12.4. The number of fused-ring (bicyclic) bond motifs is 1. The fraction of sp³-hybridized carbons (Fsp3) is 0.611. The van der Waals surface area contributed by atoms with Crippen molar-refractivity contribution in [3.05, 3.63) is 29.8 Å². The van der Waals surface area contributed by atoms with E-state index in [2.05, 4.69) is 22.5 Å². The molecule has 1 aromatic rings. The van der Waals surface area contributed by atoms with E-state index in [1.54, 1.807) is 7.05 Å². The number of ether oxygens (including phenoxy) is 1. The van der Waals surface area contributed by atoms with Gasteiger partial charge in [-0.2, -0.15) is 0 Å². The predicted molar refractivity (Wildman–Crippen MR) is 104 cm³/mol. The first kappa shape index (κ1) is 19.0. The number of hydrogen-bond acceptors (Lipinski definition) is 4. The zero-order valence-corrected chi connectivity index (χ0v) is 16.3. The van der Waals surface area contributed by atoms with E-state index in [1.165, 1.54) is 4.31 Å². The van der Waals surface area contributed by atoms with Crippen molar-refractivity contribution in [2.24, 2.45) is 4.99 Å². The molecular weight excluding hydrogens is 352 g/mol. The van der Waals surface area contributed by atoms with Crippen LogP contribution in [0.3, 0.4) is 0 Å². The molecule has 1 unspecified atom stereocenters. The number of benzene rings is 1. The Labute approximate surface area is 155 Å². The summed E-state index contributed by atoms with van der Waals surface area (Å²) in [6.45, 7) is 4.34. The van der Waals surface area contributed by atoms with E-state index >= 15 is 0 Å². The van der Waals surface area contributed by atoms with Gasteiger partial charge in [-0.1, -0.05) is 18.2 Å². The van der Waals surface area contributed by atoms with Gasteiger partial charge >= 0.3 is 0 Å². The zero-order valence-electron chi connectivity index (χ0n) is 15.5. The maximum atomic E-state index is 12.7. The molecule has 0 bridgehead atoms. The molecule has 144 valence electrons. The van der Waals surface area contributed by atoms with Crippen LogP contribution in [-0.4, -0.2) is 59.0 Å². The van der Waals surface area contributed by atoms with Gasteiger partial charge in [0.05, 0.1) is 17.0 Å². The third-order valence-corrected chi connectivity index (χ3v) is 6.76. The second-order valence-electron chi connectivity index (χ2n) is 7.02. The van der Waals surface area contributed by atoms with E-state index in [0.29, 0.717) is 25.6 Å². The molecule has 0 spiro atoms. The molecule has 1 saturated heterocycles. The van der Waals surface area contributed by atoms with Gasteiger partial charge in [0.2, 0.25) is 10.0 Å². The van der Waals surface area contributed by atoms with Crippen LogP contribution in [0, 0.1) is 0 Å². The van der Waals surface area contributed by atoms with Crippen LogP contribution in [0.15, 0.2) is 29.3 Å². The highest BCUT2D eigenvalue weighted by molar-refractivity contribution is 7.92. The summed E-state index contributed by atoms with van der Waals surface area (Å²) < 4.78 is 32.6. The molecule has 2 heterocycles. The van der Waals surface area contributed by atoms with Gasteiger partial charge in [-0.05, 0) is 37.8 Å². The number of para-hydroxylation sites is 1. The largest absolute Gasteiger partial charge is 0.373 e. The van der Waals surface area contributed by atoms with E-state index in [9.17, 15) is 8.42 Å². The van der Waals surface area contributed by atoms with Crippen molar-refractivity contribution in [3.63, 3.8) is 0 Å². The lowest BCUT2D eigenvalue weighted by Crippen LogP contribution is -2.47. The van der Waals surface area contributed by atoms with Gasteiger partial charge in [-0.25, -0.2) is 8.42 Å². The fourth-order valence-corrected chi connectivity index (χ4v) is 4.90. The number of sulfonamides is 1. The monoisotopic (exact) mass is 380 g/mol. The van der Waals surface area contributed by atoms with Crippen LogP contribution in [0.25, 0.3) is 0 Å². The molecule has 3 rings (SSSR count). The molecule has 0 amide bonds. The molecular formula is C18H28N4O3S. The van der Waals surface area contributed by atoms with Crippen molar-refractivity contribution >= 4 is 21.7 Å². The number of hydrogen-bond donors (Lipinski definition) is 2. The zero-order chi connectivity index (χ0) is 18.6. The highest BCUT2D eigenvalue weighted by atomic mass is 32.2. The Hall–Kier alpha value is -1.80. The van der Waals surface area contributed by atoms with Crippen molar-refractivity contribution < 1.29 is 13.2 Å². The quantitative estimate of drug-likeness (QED) is 0.571. The third kappa shape index (κ3) is 4.29. The minimum absolute atomic E-state index is 0.0236. The SMILES string of the molecule is CN=C(NCCS(=O)(=O)N1CCc2ccccc21)NCC1(C)CCCO1. The van der Waals surface area contributed by atoms with Gasteiger partial charge in [0.15, 0.2) is 5.96 Å². The summed E-state index contributed by atoms with van der Waals surface area (Å²) >= 11 is 0. The Morgan fingerprint density at radius 3 is 2.88 bits per heavy atom.